The average molecular weight is 354 g/mol. The molecule has 0 aliphatic heterocycles. The van der Waals surface area contributed by atoms with Gasteiger partial charge in [-0.15, -0.1) is 0 Å². The van der Waals surface area contributed by atoms with Crippen LogP contribution in [0.2, 0.25) is 5.02 Å². The predicted molar refractivity (Wildman–Crippen MR) is 97.1 cm³/mol. The Kier molecular flexibility index (Phi) is 6.33. The van der Waals surface area contributed by atoms with E-state index in [1.165, 1.54) is 13.1 Å². The van der Waals surface area contributed by atoms with Crippen molar-refractivity contribution in [2.24, 2.45) is 0 Å². The van der Waals surface area contributed by atoms with Gasteiger partial charge in [-0.1, -0.05) is 35.9 Å². The van der Waals surface area contributed by atoms with Gasteiger partial charge in [0, 0.05) is 29.0 Å². The van der Waals surface area contributed by atoms with Gasteiger partial charge < -0.3 is 10.6 Å². The highest BCUT2D eigenvalue weighted by Gasteiger charge is 2.10. The molecular weight excluding hydrogens is 338 g/mol. The van der Waals surface area contributed by atoms with Crippen molar-refractivity contribution in [1.29, 1.82) is 5.26 Å². The first-order valence-electron chi connectivity index (χ1n) is 7.50. The van der Waals surface area contributed by atoms with Crippen LogP contribution in [0.4, 0.5) is 5.69 Å². The van der Waals surface area contributed by atoms with Gasteiger partial charge in [-0.2, -0.15) is 5.26 Å². The monoisotopic (exact) mass is 353 g/mol. The lowest BCUT2D eigenvalue weighted by molar-refractivity contribution is -0.112. The van der Waals surface area contributed by atoms with Crippen LogP contribution in [0, 0.1) is 11.3 Å². The van der Waals surface area contributed by atoms with E-state index < -0.39 is 5.91 Å². The summed E-state index contributed by atoms with van der Waals surface area (Å²) in [5, 5.41) is 15.3. The van der Waals surface area contributed by atoms with Crippen molar-refractivity contribution < 1.29 is 9.59 Å². The van der Waals surface area contributed by atoms with E-state index in [1.807, 2.05) is 18.2 Å². The van der Waals surface area contributed by atoms with E-state index in [2.05, 4.69) is 10.6 Å². The number of ketones is 1. The maximum atomic E-state index is 12.2. The van der Waals surface area contributed by atoms with E-state index in [0.29, 0.717) is 22.8 Å². The Bertz CT molecular complexity index is 852. The zero-order chi connectivity index (χ0) is 18.2. The van der Waals surface area contributed by atoms with Gasteiger partial charge in [0.2, 0.25) is 0 Å². The molecule has 2 aromatic carbocycles. The second-order valence-corrected chi connectivity index (χ2v) is 5.70. The molecule has 0 fully saturated rings. The SMILES string of the molecule is CC(=O)c1cccc(NC(=O)/C(C#N)=C\NCc2ccc(Cl)cc2)c1. The maximum Gasteiger partial charge on any atom is 0.267 e. The Labute approximate surface area is 150 Å². The number of hydrogen-bond acceptors (Lipinski definition) is 4. The molecule has 0 radical (unpaired) electrons. The summed E-state index contributed by atoms with van der Waals surface area (Å²) in [4.78, 5) is 23.5. The van der Waals surface area contributed by atoms with E-state index in [-0.39, 0.29) is 11.4 Å². The van der Waals surface area contributed by atoms with E-state index in [1.54, 1.807) is 36.4 Å². The number of halogens is 1. The number of anilines is 1. The Balaban J connectivity index is 2.00. The Hall–Kier alpha value is -3.10. The van der Waals surface area contributed by atoms with Gasteiger partial charge in [0.25, 0.3) is 5.91 Å². The van der Waals surface area contributed by atoms with Crippen molar-refractivity contribution in [2.75, 3.05) is 5.32 Å². The van der Waals surface area contributed by atoms with Crippen molar-refractivity contribution in [3.05, 3.63) is 76.5 Å². The molecule has 0 bridgehead atoms. The van der Waals surface area contributed by atoms with Crippen molar-refractivity contribution in [2.45, 2.75) is 13.5 Å². The fourth-order valence-electron chi connectivity index (χ4n) is 2.04. The molecule has 0 aliphatic carbocycles. The third-order valence-corrected chi connectivity index (χ3v) is 3.61. The van der Waals surface area contributed by atoms with E-state index in [9.17, 15) is 9.59 Å². The highest BCUT2D eigenvalue weighted by atomic mass is 35.5. The summed E-state index contributed by atoms with van der Waals surface area (Å²) in [5.74, 6) is -0.649. The summed E-state index contributed by atoms with van der Waals surface area (Å²) >= 11 is 5.82. The second-order valence-electron chi connectivity index (χ2n) is 5.27. The van der Waals surface area contributed by atoms with E-state index >= 15 is 0 Å². The van der Waals surface area contributed by atoms with Crippen molar-refractivity contribution in [1.82, 2.24) is 5.32 Å². The van der Waals surface area contributed by atoms with Crippen LogP contribution in [0.1, 0.15) is 22.8 Å². The lowest BCUT2D eigenvalue weighted by Gasteiger charge is -2.06. The van der Waals surface area contributed by atoms with E-state index in [4.69, 9.17) is 16.9 Å². The molecule has 0 aliphatic rings. The molecule has 5 nitrogen and oxygen atoms in total. The lowest BCUT2D eigenvalue weighted by atomic mass is 10.1. The van der Waals surface area contributed by atoms with Gasteiger partial charge in [-0.05, 0) is 36.8 Å². The topological polar surface area (TPSA) is 82.0 Å². The van der Waals surface area contributed by atoms with Gasteiger partial charge in [0.05, 0.1) is 0 Å². The highest BCUT2D eigenvalue weighted by Crippen LogP contribution is 2.12. The number of hydrogen-bond donors (Lipinski definition) is 2. The first-order valence-corrected chi connectivity index (χ1v) is 7.88. The molecule has 2 N–H and O–H groups in total. The van der Waals surface area contributed by atoms with Gasteiger partial charge >= 0.3 is 0 Å². The zero-order valence-electron chi connectivity index (χ0n) is 13.5. The van der Waals surface area contributed by atoms with Crippen LogP contribution < -0.4 is 10.6 Å². The summed E-state index contributed by atoms with van der Waals surface area (Å²) in [5.41, 5.74) is 1.84. The van der Waals surface area contributed by atoms with Crippen LogP contribution in [0.5, 0.6) is 0 Å². The van der Waals surface area contributed by atoms with Crippen LogP contribution in [-0.2, 0) is 11.3 Å². The molecule has 1 amide bonds. The van der Waals surface area contributed by atoms with Crippen LogP contribution in [0.15, 0.2) is 60.3 Å². The smallest absolute Gasteiger partial charge is 0.267 e. The van der Waals surface area contributed by atoms with Gasteiger partial charge in [-0.25, -0.2) is 0 Å². The molecule has 0 heterocycles. The molecule has 2 rings (SSSR count). The third-order valence-electron chi connectivity index (χ3n) is 3.36. The summed E-state index contributed by atoms with van der Waals surface area (Å²) < 4.78 is 0. The Morgan fingerprint density at radius 2 is 1.92 bits per heavy atom. The van der Waals surface area contributed by atoms with Crippen LogP contribution in [0.25, 0.3) is 0 Å². The molecule has 6 heteroatoms. The van der Waals surface area contributed by atoms with Gasteiger partial charge in [0.15, 0.2) is 5.78 Å². The molecule has 0 aromatic heterocycles. The maximum absolute atomic E-state index is 12.2. The second kappa shape index (κ2) is 8.67. The summed E-state index contributed by atoms with van der Waals surface area (Å²) in [7, 11) is 0. The molecular formula is C19H16ClN3O2. The third kappa shape index (κ3) is 5.48. The summed E-state index contributed by atoms with van der Waals surface area (Å²) in [6.07, 6.45) is 1.36. The van der Waals surface area contributed by atoms with Crippen LogP contribution in [-0.4, -0.2) is 11.7 Å². The van der Waals surface area contributed by atoms with Crippen LogP contribution in [0.3, 0.4) is 0 Å². The van der Waals surface area contributed by atoms with Gasteiger partial charge in [-0.3, -0.25) is 9.59 Å². The minimum absolute atomic E-state index is 0.0674. The number of amides is 1. The average Bonchev–Trinajstić information content (AvgIpc) is 2.60. The first kappa shape index (κ1) is 18.2. The fourth-order valence-corrected chi connectivity index (χ4v) is 2.16. The standard InChI is InChI=1S/C19H16ClN3O2/c1-13(24)15-3-2-4-18(9-15)23-19(25)16(10-21)12-22-11-14-5-7-17(20)8-6-14/h2-9,12,22H,11H2,1H3,(H,23,25)/b16-12-. The number of nitrogens with one attached hydrogen (secondary N) is 2. The minimum Gasteiger partial charge on any atom is -0.386 e. The molecule has 2 aromatic rings. The molecule has 25 heavy (non-hydrogen) atoms. The normalized spacial score (nSPS) is 10.7. The van der Waals surface area contributed by atoms with Crippen molar-refractivity contribution in [3.63, 3.8) is 0 Å². The lowest BCUT2D eigenvalue weighted by Crippen LogP contribution is -2.16. The fraction of sp³-hybridized carbons (Fsp3) is 0.105. The van der Waals surface area contributed by atoms with Crippen molar-refractivity contribution in [3.8, 4) is 6.07 Å². The molecule has 0 atom stereocenters. The Morgan fingerprint density at radius 1 is 1.20 bits per heavy atom. The van der Waals surface area contributed by atoms with E-state index in [0.717, 1.165) is 5.56 Å². The molecule has 0 unspecified atom stereocenters. The molecule has 126 valence electrons. The largest absolute Gasteiger partial charge is 0.386 e. The zero-order valence-corrected chi connectivity index (χ0v) is 14.3. The number of nitriles is 1. The first-order chi connectivity index (χ1) is 12.0. The van der Waals surface area contributed by atoms with Crippen molar-refractivity contribution >= 4 is 29.0 Å². The van der Waals surface area contributed by atoms with Crippen LogP contribution >= 0.6 is 11.6 Å². The number of carbonyl (C=O) groups is 2. The number of rotatable bonds is 6. The quantitative estimate of drug-likeness (QED) is 0.471. The molecule has 0 spiro atoms. The number of nitrogens with zero attached hydrogens (tertiary/aromatic N) is 1. The number of carbonyl (C=O) groups excluding carboxylic acids is 2. The minimum atomic E-state index is -0.549. The van der Waals surface area contributed by atoms with Gasteiger partial charge in [0.1, 0.15) is 11.6 Å². The summed E-state index contributed by atoms with van der Waals surface area (Å²) in [6.45, 7) is 1.90. The summed E-state index contributed by atoms with van der Waals surface area (Å²) in [6, 6.07) is 15.6. The number of benzene rings is 2. The predicted octanol–water partition coefficient (Wildman–Crippen LogP) is 3.68. The molecule has 0 saturated heterocycles. The number of Topliss-reactive ketones (excluding diaryl/α,β-unsaturated/α-hetero) is 1. The Morgan fingerprint density at radius 3 is 2.56 bits per heavy atom. The highest BCUT2D eigenvalue weighted by molar-refractivity contribution is 6.30. The molecule has 0 saturated carbocycles.